The molecule has 17 heavy (non-hydrogen) atoms. The molecule has 0 aliphatic heterocycles. The van der Waals surface area contributed by atoms with Gasteiger partial charge in [-0.2, -0.15) is 0 Å². The summed E-state index contributed by atoms with van der Waals surface area (Å²) in [5, 5.41) is 2.08. The van der Waals surface area contributed by atoms with E-state index in [0.29, 0.717) is 0 Å². The Morgan fingerprint density at radius 1 is 1.35 bits per heavy atom. The van der Waals surface area contributed by atoms with Gasteiger partial charge >= 0.3 is 0 Å². The predicted molar refractivity (Wildman–Crippen MR) is 74.8 cm³/mol. The molecule has 0 bridgehead atoms. The van der Waals surface area contributed by atoms with E-state index in [4.69, 9.17) is 5.84 Å². The average molecular weight is 312 g/mol. The zero-order valence-electron chi connectivity index (χ0n) is 9.27. The van der Waals surface area contributed by atoms with Gasteiger partial charge in [-0.15, -0.1) is 11.3 Å². The van der Waals surface area contributed by atoms with Crippen LogP contribution in [-0.2, 0) is 12.8 Å². The first-order valence-corrected chi connectivity index (χ1v) is 7.04. The van der Waals surface area contributed by atoms with Gasteiger partial charge in [0.15, 0.2) is 0 Å². The number of nitrogens with zero attached hydrogens (tertiary/aromatic N) is 1. The van der Waals surface area contributed by atoms with Crippen LogP contribution in [0.5, 0.6) is 0 Å². The van der Waals surface area contributed by atoms with Crippen molar-refractivity contribution in [2.75, 3.05) is 0 Å². The molecular formula is C12H14BrN3S. The van der Waals surface area contributed by atoms with E-state index < -0.39 is 0 Å². The molecule has 1 atom stereocenters. The summed E-state index contributed by atoms with van der Waals surface area (Å²) in [6.07, 6.45) is 3.58. The van der Waals surface area contributed by atoms with E-state index in [1.54, 1.807) is 11.3 Å². The molecular weight excluding hydrogens is 298 g/mol. The van der Waals surface area contributed by atoms with Crippen molar-refractivity contribution in [3.63, 3.8) is 0 Å². The van der Waals surface area contributed by atoms with Crippen LogP contribution in [0.15, 0.2) is 40.3 Å². The SMILES string of the molecule is NNC(Cc1ccc(Br)cn1)Cc1cccs1. The number of nitrogens with one attached hydrogen (secondary N) is 1. The highest BCUT2D eigenvalue weighted by atomic mass is 79.9. The van der Waals surface area contributed by atoms with Crippen molar-refractivity contribution >= 4 is 27.3 Å². The number of hydrazine groups is 1. The molecule has 0 saturated carbocycles. The standard InChI is InChI=1S/C12H14BrN3S/c13-9-3-4-10(15-8-9)6-11(16-14)7-12-2-1-5-17-12/h1-5,8,11,16H,6-7,14H2. The number of nitrogens with two attached hydrogens (primary N) is 1. The van der Waals surface area contributed by atoms with E-state index in [9.17, 15) is 0 Å². The van der Waals surface area contributed by atoms with Crippen molar-refractivity contribution < 1.29 is 0 Å². The van der Waals surface area contributed by atoms with Crippen LogP contribution < -0.4 is 11.3 Å². The highest BCUT2D eigenvalue weighted by molar-refractivity contribution is 9.10. The van der Waals surface area contributed by atoms with Crippen LogP contribution in [0.1, 0.15) is 10.6 Å². The van der Waals surface area contributed by atoms with Gasteiger partial charge in [-0.05, 0) is 45.9 Å². The number of pyridine rings is 1. The van der Waals surface area contributed by atoms with Crippen LogP contribution in [0.2, 0.25) is 0 Å². The van der Waals surface area contributed by atoms with E-state index in [-0.39, 0.29) is 6.04 Å². The van der Waals surface area contributed by atoms with Crippen LogP contribution in [0.3, 0.4) is 0 Å². The third kappa shape index (κ3) is 3.89. The molecule has 0 spiro atoms. The van der Waals surface area contributed by atoms with E-state index >= 15 is 0 Å². The first-order chi connectivity index (χ1) is 8.28. The predicted octanol–water partition coefficient (Wildman–Crippen LogP) is 2.52. The Morgan fingerprint density at radius 2 is 2.24 bits per heavy atom. The number of hydrogen-bond acceptors (Lipinski definition) is 4. The summed E-state index contributed by atoms with van der Waals surface area (Å²) in [4.78, 5) is 5.69. The Hall–Kier alpha value is -0.750. The topological polar surface area (TPSA) is 50.9 Å². The van der Waals surface area contributed by atoms with Gasteiger partial charge in [-0.3, -0.25) is 16.3 Å². The van der Waals surface area contributed by atoms with E-state index in [2.05, 4.69) is 43.9 Å². The van der Waals surface area contributed by atoms with Gasteiger partial charge in [-0.25, -0.2) is 0 Å². The summed E-state index contributed by atoms with van der Waals surface area (Å²) in [6.45, 7) is 0. The number of thiophene rings is 1. The van der Waals surface area contributed by atoms with Gasteiger partial charge in [0.25, 0.3) is 0 Å². The van der Waals surface area contributed by atoms with Gasteiger partial charge in [0, 0.05) is 33.7 Å². The molecule has 5 heteroatoms. The molecule has 0 aliphatic carbocycles. The lowest BCUT2D eigenvalue weighted by Crippen LogP contribution is -2.38. The lowest BCUT2D eigenvalue weighted by molar-refractivity contribution is 0.520. The molecule has 3 nitrogen and oxygen atoms in total. The first kappa shape index (κ1) is 12.7. The van der Waals surface area contributed by atoms with Crippen LogP contribution in [-0.4, -0.2) is 11.0 Å². The van der Waals surface area contributed by atoms with Gasteiger partial charge in [-0.1, -0.05) is 6.07 Å². The molecule has 0 amide bonds. The third-order valence-corrected chi connectivity index (χ3v) is 3.88. The second-order valence-corrected chi connectivity index (χ2v) is 5.77. The Kier molecular flexibility index (Phi) is 4.67. The highest BCUT2D eigenvalue weighted by Crippen LogP contribution is 2.14. The summed E-state index contributed by atoms with van der Waals surface area (Å²) in [5.74, 6) is 5.58. The zero-order chi connectivity index (χ0) is 12.1. The van der Waals surface area contributed by atoms with Crippen LogP contribution in [0.4, 0.5) is 0 Å². The first-order valence-electron chi connectivity index (χ1n) is 5.37. The molecule has 0 aromatic carbocycles. The Bertz CT molecular complexity index is 441. The fourth-order valence-corrected chi connectivity index (χ4v) is 2.66. The molecule has 2 aromatic heterocycles. The zero-order valence-corrected chi connectivity index (χ0v) is 11.7. The minimum Gasteiger partial charge on any atom is -0.271 e. The van der Waals surface area contributed by atoms with E-state index in [0.717, 1.165) is 23.0 Å². The van der Waals surface area contributed by atoms with Crippen LogP contribution >= 0.6 is 27.3 Å². The van der Waals surface area contributed by atoms with Crippen molar-refractivity contribution in [3.05, 3.63) is 50.9 Å². The summed E-state index contributed by atoms with van der Waals surface area (Å²) < 4.78 is 0.997. The average Bonchev–Trinajstić information content (AvgIpc) is 2.84. The molecule has 2 heterocycles. The fraction of sp³-hybridized carbons (Fsp3) is 0.250. The lowest BCUT2D eigenvalue weighted by Gasteiger charge is -2.14. The van der Waals surface area contributed by atoms with Gasteiger partial charge in [0.1, 0.15) is 0 Å². The fourth-order valence-electron chi connectivity index (χ4n) is 1.64. The summed E-state index contributed by atoms with van der Waals surface area (Å²) in [7, 11) is 0. The molecule has 90 valence electrons. The minimum absolute atomic E-state index is 0.224. The Balaban J connectivity index is 1.97. The van der Waals surface area contributed by atoms with Crippen LogP contribution in [0, 0.1) is 0 Å². The lowest BCUT2D eigenvalue weighted by atomic mass is 10.1. The second kappa shape index (κ2) is 6.26. The normalized spacial score (nSPS) is 12.6. The monoisotopic (exact) mass is 311 g/mol. The Labute approximate surface area is 113 Å². The van der Waals surface area contributed by atoms with Crippen molar-refractivity contribution in [3.8, 4) is 0 Å². The summed E-state index contributed by atoms with van der Waals surface area (Å²) in [5.41, 5.74) is 3.91. The van der Waals surface area contributed by atoms with Gasteiger partial charge < -0.3 is 0 Å². The number of hydrogen-bond donors (Lipinski definition) is 2. The van der Waals surface area contributed by atoms with Crippen molar-refractivity contribution in [1.29, 1.82) is 0 Å². The Morgan fingerprint density at radius 3 is 2.82 bits per heavy atom. The van der Waals surface area contributed by atoms with Crippen LogP contribution in [0.25, 0.3) is 0 Å². The maximum Gasteiger partial charge on any atom is 0.0420 e. The number of halogens is 1. The maximum absolute atomic E-state index is 5.58. The largest absolute Gasteiger partial charge is 0.271 e. The molecule has 0 radical (unpaired) electrons. The number of rotatable bonds is 5. The minimum atomic E-state index is 0.224. The maximum atomic E-state index is 5.58. The molecule has 3 N–H and O–H groups in total. The molecule has 2 aromatic rings. The summed E-state index contributed by atoms with van der Waals surface area (Å²) >= 11 is 5.13. The highest BCUT2D eigenvalue weighted by Gasteiger charge is 2.10. The third-order valence-electron chi connectivity index (χ3n) is 2.51. The van der Waals surface area contributed by atoms with Crippen molar-refractivity contribution in [2.24, 2.45) is 5.84 Å². The second-order valence-electron chi connectivity index (χ2n) is 3.82. The smallest absolute Gasteiger partial charge is 0.0420 e. The van der Waals surface area contributed by atoms with Crippen molar-refractivity contribution in [1.82, 2.24) is 10.4 Å². The quantitative estimate of drug-likeness (QED) is 0.659. The van der Waals surface area contributed by atoms with Crippen molar-refractivity contribution in [2.45, 2.75) is 18.9 Å². The molecule has 1 unspecified atom stereocenters. The molecule has 0 aliphatic rings. The van der Waals surface area contributed by atoms with E-state index in [1.807, 2.05) is 18.3 Å². The molecule has 0 saturated heterocycles. The summed E-state index contributed by atoms with van der Waals surface area (Å²) in [6, 6.07) is 8.43. The molecule has 2 rings (SSSR count). The van der Waals surface area contributed by atoms with E-state index in [1.165, 1.54) is 4.88 Å². The van der Waals surface area contributed by atoms with Gasteiger partial charge in [0.05, 0.1) is 0 Å². The molecule has 0 fully saturated rings. The van der Waals surface area contributed by atoms with Gasteiger partial charge in [0.2, 0.25) is 0 Å². The number of aromatic nitrogens is 1.